The maximum Gasteiger partial charge on any atom is 0.240 e. The topological polar surface area (TPSA) is 74.8 Å². The first-order valence-electron chi connectivity index (χ1n) is 7.44. The van der Waals surface area contributed by atoms with E-state index >= 15 is 0 Å². The molecule has 0 saturated heterocycles. The van der Waals surface area contributed by atoms with Crippen molar-refractivity contribution in [1.82, 2.24) is 19.9 Å². The van der Waals surface area contributed by atoms with Gasteiger partial charge in [0, 0.05) is 12.2 Å². The molecule has 0 saturated carbocycles. The van der Waals surface area contributed by atoms with Gasteiger partial charge < -0.3 is 9.88 Å². The van der Waals surface area contributed by atoms with E-state index in [0.717, 1.165) is 29.2 Å². The number of imidazole rings is 1. The summed E-state index contributed by atoms with van der Waals surface area (Å²) in [4.78, 5) is 30.2. The summed E-state index contributed by atoms with van der Waals surface area (Å²) in [5.41, 5.74) is 3.66. The van der Waals surface area contributed by atoms with Gasteiger partial charge in [0.05, 0.1) is 11.6 Å². The van der Waals surface area contributed by atoms with Crippen LogP contribution in [0.25, 0.3) is 11.2 Å². The van der Waals surface area contributed by atoms with Crippen LogP contribution in [0, 0.1) is 0 Å². The third-order valence-electron chi connectivity index (χ3n) is 3.98. The standard InChI is InChI=1S/C16H15N5OS/c1-10(23-15-13-14(18-8-17-13)19-9-20-15)16(22)21-7-6-11-4-2-3-5-12(11)21/h2-5,8-10H,6-7H2,1H3,(H,17,18,19,20)/t10-/m0/s1. The summed E-state index contributed by atoms with van der Waals surface area (Å²) in [5, 5.41) is 0.517. The van der Waals surface area contributed by atoms with Crippen molar-refractivity contribution in [2.24, 2.45) is 0 Å². The van der Waals surface area contributed by atoms with Crippen molar-refractivity contribution in [2.75, 3.05) is 11.4 Å². The van der Waals surface area contributed by atoms with Crippen LogP contribution in [-0.2, 0) is 11.2 Å². The fraction of sp³-hybridized carbons (Fsp3) is 0.250. The number of para-hydroxylation sites is 1. The summed E-state index contributed by atoms with van der Waals surface area (Å²) in [6.45, 7) is 2.66. The van der Waals surface area contributed by atoms with E-state index in [0.29, 0.717) is 5.65 Å². The van der Waals surface area contributed by atoms with Crippen LogP contribution in [-0.4, -0.2) is 37.6 Å². The van der Waals surface area contributed by atoms with E-state index in [1.165, 1.54) is 23.7 Å². The number of amides is 1. The highest BCUT2D eigenvalue weighted by Crippen LogP contribution is 2.32. The second-order valence-corrected chi connectivity index (χ2v) is 6.74. The lowest BCUT2D eigenvalue weighted by molar-refractivity contribution is -0.117. The van der Waals surface area contributed by atoms with E-state index < -0.39 is 0 Å². The van der Waals surface area contributed by atoms with Crippen LogP contribution >= 0.6 is 11.8 Å². The number of hydrogen-bond acceptors (Lipinski definition) is 5. The molecule has 2 aromatic heterocycles. The first kappa shape index (κ1) is 14.2. The van der Waals surface area contributed by atoms with Gasteiger partial charge in [-0.1, -0.05) is 30.0 Å². The van der Waals surface area contributed by atoms with Crippen molar-refractivity contribution < 1.29 is 4.79 Å². The molecule has 0 aliphatic carbocycles. The smallest absolute Gasteiger partial charge is 0.240 e. The number of rotatable bonds is 3. The van der Waals surface area contributed by atoms with Crippen LogP contribution < -0.4 is 4.90 Å². The number of hydrogen-bond donors (Lipinski definition) is 1. The minimum absolute atomic E-state index is 0.103. The minimum atomic E-state index is -0.234. The van der Waals surface area contributed by atoms with Crippen LogP contribution in [0.1, 0.15) is 12.5 Å². The molecule has 0 unspecified atom stereocenters. The molecule has 1 aliphatic rings. The molecule has 0 fully saturated rings. The van der Waals surface area contributed by atoms with Crippen molar-refractivity contribution in [1.29, 1.82) is 0 Å². The Balaban J connectivity index is 1.57. The first-order chi connectivity index (χ1) is 11.2. The number of aromatic nitrogens is 4. The van der Waals surface area contributed by atoms with Crippen LogP contribution in [0.5, 0.6) is 0 Å². The van der Waals surface area contributed by atoms with Crippen LogP contribution in [0.3, 0.4) is 0 Å². The lowest BCUT2D eigenvalue weighted by atomic mass is 10.2. The second-order valence-electron chi connectivity index (χ2n) is 5.41. The second kappa shape index (κ2) is 5.66. The average Bonchev–Trinajstić information content (AvgIpc) is 3.21. The Morgan fingerprint density at radius 3 is 3.09 bits per heavy atom. The van der Waals surface area contributed by atoms with Gasteiger partial charge in [-0.25, -0.2) is 15.0 Å². The highest BCUT2D eigenvalue weighted by atomic mass is 32.2. The Hall–Kier alpha value is -2.41. The van der Waals surface area contributed by atoms with Gasteiger partial charge in [-0.05, 0) is 25.0 Å². The molecule has 0 bridgehead atoms. The Morgan fingerprint density at radius 1 is 1.30 bits per heavy atom. The highest BCUT2D eigenvalue weighted by molar-refractivity contribution is 8.00. The highest BCUT2D eigenvalue weighted by Gasteiger charge is 2.28. The zero-order chi connectivity index (χ0) is 15.8. The predicted octanol–water partition coefficient (Wildman–Crippen LogP) is 2.42. The van der Waals surface area contributed by atoms with Crippen molar-refractivity contribution >= 4 is 34.5 Å². The van der Waals surface area contributed by atoms with Crippen LogP contribution in [0.4, 0.5) is 5.69 Å². The fourth-order valence-corrected chi connectivity index (χ4v) is 3.78. The van der Waals surface area contributed by atoms with Gasteiger partial charge in [-0.2, -0.15) is 0 Å². The van der Waals surface area contributed by atoms with E-state index in [9.17, 15) is 4.79 Å². The number of benzene rings is 1. The number of nitrogens with one attached hydrogen (secondary N) is 1. The summed E-state index contributed by atoms with van der Waals surface area (Å²) < 4.78 is 0. The number of nitrogens with zero attached hydrogens (tertiary/aromatic N) is 4. The number of anilines is 1. The lowest BCUT2D eigenvalue weighted by Crippen LogP contribution is -2.35. The number of aromatic amines is 1. The number of H-pyrrole nitrogens is 1. The molecule has 116 valence electrons. The Bertz CT molecular complexity index is 878. The van der Waals surface area contributed by atoms with Crippen molar-refractivity contribution in [3.63, 3.8) is 0 Å². The summed E-state index contributed by atoms with van der Waals surface area (Å²) in [7, 11) is 0. The van der Waals surface area contributed by atoms with Crippen LogP contribution in [0.2, 0.25) is 0 Å². The molecular weight excluding hydrogens is 310 g/mol. The Morgan fingerprint density at radius 2 is 2.17 bits per heavy atom. The summed E-state index contributed by atoms with van der Waals surface area (Å²) >= 11 is 1.43. The maximum atomic E-state index is 12.8. The van der Waals surface area contributed by atoms with E-state index in [-0.39, 0.29) is 11.2 Å². The molecule has 3 aromatic rings. The molecule has 3 heterocycles. The molecular formula is C16H15N5OS. The normalized spacial score (nSPS) is 14.9. The Kier molecular flexibility index (Phi) is 3.49. The number of thioether (sulfide) groups is 1. The van der Waals surface area contributed by atoms with Crippen molar-refractivity contribution in [3.8, 4) is 0 Å². The zero-order valence-corrected chi connectivity index (χ0v) is 13.4. The third-order valence-corrected chi connectivity index (χ3v) is 5.07. The van der Waals surface area contributed by atoms with E-state index in [1.54, 1.807) is 6.33 Å². The molecule has 1 amide bonds. The van der Waals surface area contributed by atoms with Crippen molar-refractivity contribution in [2.45, 2.75) is 23.6 Å². The van der Waals surface area contributed by atoms with Gasteiger partial charge in [-0.15, -0.1) is 0 Å². The summed E-state index contributed by atoms with van der Waals surface area (Å²) in [5.74, 6) is 0.103. The van der Waals surface area contributed by atoms with E-state index in [1.807, 2.05) is 30.0 Å². The van der Waals surface area contributed by atoms with E-state index in [4.69, 9.17) is 0 Å². The maximum absolute atomic E-state index is 12.8. The van der Waals surface area contributed by atoms with Crippen molar-refractivity contribution in [3.05, 3.63) is 42.5 Å². The van der Waals surface area contributed by atoms with E-state index in [2.05, 4.69) is 26.0 Å². The van der Waals surface area contributed by atoms with Gasteiger partial charge in [0.25, 0.3) is 0 Å². The molecule has 7 heteroatoms. The molecule has 1 aromatic carbocycles. The molecule has 4 rings (SSSR count). The van der Waals surface area contributed by atoms with Gasteiger partial charge in [0.1, 0.15) is 16.9 Å². The average molecular weight is 325 g/mol. The molecule has 0 spiro atoms. The molecule has 1 N–H and O–H groups in total. The minimum Gasteiger partial charge on any atom is -0.341 e. The monoisotopic (exact) mass is 325 g/mol. The molecule has 1 aliphatic heterocycles. The van der Waals surface area contributed by atoms with Gasteiger partial charge >= 0.3 is 0 Å². The van der Waals surface area contributed by atoms with Gasteiger partial charge in [0.15, 0.2) is 5.65 Å². The largest absolute Gasteiger partial charge is 0.341 e. The summed E-state index contributed by atoms with van der Waals surface area (Å²) in [6.07, 6.45) is 3.98. The Labute approximate surface area is 137 Å². The molecule has 0 radical (unpaired) electrons. The quantitative estimate of drug-likeness (QED) is 0.591. The summed E-state index contributed by atoms with van der Waals surface area (Å²) in [6, 6.07) is 8.08. The zero-order valence-electron chi connectivity index (χ0n) is 12.6. The molecule has 1 atom stereocenters. The fourth-order valence-electron chi connectivity index (χ4n) is 2.84. The third kappa shape index (κ3) is 2.46. The number of fused-ring (bicyclic) bond motifs is 2. The number of carbonyl (C=O) groups is 1. The SMILES string of the molecule is C[C@H](Sc1ncnc2nc[nH]c12)C(=O)N1CCc2ccccc21. The first-order valence-corrected chi connectivity index (χ1v) is 8.32. The van der Waals surface area contributed by atoms with Gasteiger partial charge in [-0.3, -0.25) is 4.79 Å². The molecule has 23 heavy (non-hydrogen) atoms. The lowest BCUT2D eigenvalue weighted by Gasteiger charge is -2.21. The predicted molar refractivity (Wildman–Crippen MR) is 89.5 cm³/mol. The van der Waals surface area contributed by atoms with Crippen LogP contribution in [0.15, 0.2) is 41.9 Å². The van der Waals surface area contributed by atoms with Gasteiger partial charge in [0.2, 0.25) is 5.91 Å². The number of carbonyl (C=O) groups excluding carboxylic acids is 1. The molecule has 6 nitrogen and oxygen atoms in total.